The van der Waals surface area contributed by atoms with Crippen LogP contribution in [0.15, 0.2) is 0 Å². The van der Waals surface area contributed by atoms with E-state index in [1.807, 2.05) is 0 Å². The summed E-state index contributed by atoms with van der Waals surface area (Å²) in [7, 11) is 0. The van der Waals surface area contributed by atoms with E-state index in [1.54, 1.807) is 0 Å². The highest BCUT2D eigenvalue weighted by Crippen LogP contribution is 2.23. The van der Waals surface area contributed by atoms with E-state index in [1.165, 1.54) is 0 Å². The Morgan fingerprint density at radius 3 is 1.50 bits per heavy atom. The SMILES string of the molecule is [C-]#[N+]Cc1c(F)c(F)c(F)c(F)c1F. The average molecular weight is 207 g/mol. The molecular formula is C8H2F5N. The van der Waals surface area contributed by atoms with Gasteiger partial charge < -0.3 is 4.85 Å². The maximum absolute atomic E-state index is 12.7. The molecule has 0 heterocycles. The second kappa shape index (κ2) is 3.62. The van der Waals surface area contributed by atoms with Crippen LogP contribution in [0, 0.1) is 35.7 Å². The summed E-state index contributed by atoms with van der Waals surface area (Å²) in [6.45, 7) is 5.40. The minimum Gasteiger partial charge on any atom is -0.312 e. The van der Waals surface area contributed by atoms with E-state index in [-0.39, 0.29) is 0 Å². The molecule has 6 heteroatoms. The summed E-state index contributed by atoms with van der Waals surface area (Å²) in [5.41, 5.74) is -1.10. The molecule has 0 spiro atoms. The van der Waals surface area contributed by atoms with Crippen molar-refractivity contribution in [3.63, 3.8) is 0 Å². The third-order valence-corrected chi connectivity index (χ3v) is 1.54. The summed E-state index contributed by atoms with van der Waals surface area (Å²) >= 11 is 0. The highest BCUT2D eigenvalue weighted by molar-refractivity contribution is 5.24. The van der Waals surface area contributed by atoms with Crippen LogP contribution in [0.3, 0.4) is 0 Å². The van der Waals surface area contributed by atoms with Crippen molar-refractivity contribution in [1.82, 2.24) is 0 Å². The lowest BCUT2D eigenvalue weighted by molar-refractivity contribution is 0.371. The summed E-state index contributed by atoms with van der Waals surface area (Å²) in [5.74, 6) is -10.2. The normalized spacial score (nSPS) is 10.0. The Morgan fingerprint density at radius 1 is 0.786 bits per heavy atom. The van der Waals surface area contributed by atoms with Crippen LogP contribution in [-0.2, 0) is 6.54 Å². The lowest BCUT2D eigenvalue weighted by Gasteiger charge is -2.02. The van der Waals surface area contributed by atoms with Gasteiger partial charge in [0.05, 0.1) is 0 Å². The minimum atomic E-state index is -2.21. The third kappa shape index (κ3) is 1.41. The van der Waals surface area contributed by atoms with Gasteiger partial charge in [-0.25, -0.2) is 28.5 Å². The number of hydrogen-bond donors (Lipinski definition) is 0. The zero-order chi connectivity index (χ0) is 10.9. The Balaban J connectivity index is 3.53. The molecule has 0 radical (unpaired) electrons. The molecule has 74 valence electrons. The first-order valence-corrected chi connectivity index (χ1v) is 3.34. The van der Waals surface area contributed by atoms with Gasteiger partial charge in [0.2, 0.25) is 12.4 Å². The van der Waals surface area contributed by atoms with Crippen molar-refractivity contribution in [2.75, 3.05) is 0 Å². The molecule has 14 heavy (non-hydrogen) atoms. The average Bonchev–Trinajstić information content (AvgIpc) is 2.19. The van der Waals surface area contributed by atoms with Gasteiger partial charge in [-0.2, -0.15) is 0 Å². The van der Waals surface area contributed by atoms with Crippen LogP contribution in [0.5, 0.6) is 0 Å². The summed E-state index contributed by atoms with van der Waals surface area (Å²) < 4.78 is 62.8. The highest BCUT2D eigenvalue weighted by atomic mass is 19.2. The second-order valence-corrected chi connectivity index (χ2v) is 2.36. The Morgan fingerprint density at radius 2 is 1.14 bits per heavy atom. The molecule has 0 saturated carbocycles. The maximum Gasteiger partial charge on any atom is 0.245 e. The molecule has 1 aromatic rings. The van der Waals surface area contributed by atoms with Crippen LogP contribution in [-0.4, -0.2) is 0 Å². The Labute approximate surface area is 75.6 Å². The van der Waals surface area contributed by atoms with Crippen LogP contribution >= 0.6 is 0 Å². The van der Waals surface area contributed by atoms with Crippen LogP contribution in [0.1, 0.15) is 5.56 Å². The summed E-state index contributed by atoms with van der Waals surface area (Å²) in [5, 5.41) is 0. The molecule has 0 fully saturated rings. The van der Waals surface area contributed by atoms with Crippen molar-refractivity contribution < 1.29 is 22.0 Å². The number of hydrogen-bond acceptors (Lipinski definition) is 0. The summed E-state index contributed by atoms with van der Waals surface area (Å²) in [6.07, 6.45) is 0. The van der Waals surface area contributed by atoms with Gasteiger partial charge in [-0.3, -0.25) is 0 Å². The van der Waals surface area contributed by atoms with Crippen molar-refractivity contribution in [2.24, 2.45) is 0 Å². The van der Waals surface area contributed by atoms with Gasteiger partial charge >= 0.3 is 0 Å². The molecule has 0 N–H and O–H groups in total. The van der Waals surface area contributed by atoms with Crippen LogP contribution in [0.2, 0.25) is 0 Å². The van der Waals surface area contributed by atoms with Crippen molar-refractivity contribution in [3.8, 4) is 0 Å². The Kier molecular flexibility index (Phi) is 2.70. The van der Waals surface area contributed by atoms with E-state index in [4.69, 9.17) is 6.57 Å². The van der Waals surface area contributed by atoms with Gasteiger partial charge in [-0.15, -0.1) is 0 Å². The van der Waals surface area contributed by atoms with Gasteiger partial charge in [0, 0.05) is 0 Å². The van der Waals surface area contributed by atoms with Crippen LogP contribution in [0.25, 0.3) is 4.85 Å². The van der Waals surface area contributed by atoms with E-state index in [9.17, 15) is 22.0 Å². The van der Waals surface area contributed by atoms with E-state index in [2.05, 4.69) is 4.85 Å². The molecule has 0 aliphatic carbocycles. The Hall–Kier alpha value is -1.64. The first-order valence-electron chi connectivity index (χ1n) is 3.34. The van der Waals surface area contributed by atoms with Gasteiger partial charge in [0.25, 0.3) is 0 Å². The molecular weight excluding hydrogens is 205 g/mol. The molecule has 1 nitrogen and oxygen atoms in total. The topological polar surface area (TPSA) is 4.36 Å². The number of halogens is 5. The van der Waals surface area contributed by atoms with Gasteiger partial charge in [-0.05, 0) is 0 Å². The molecule has 0 amide bonds. The fourth-order valence-electron chi connectivity index (χ4n) is 0.868. The smallest absolute Gasteiger partial charge is 0.245 e. The first kappa shape index (κ1) is 10.4. The molecule has 0 saturated heterocycles. The first-order chi connectivity index (χ1) is 6.50. The van der Waals surface area contributed by atoms with Gasteiger partial charge in [-0.1, -0.05) is 0 Å². The predicted molar refractivity (Wildman–Crippen MR) is 36.5 cm³/mol. The largest absolute Gasteiger partial charge is 0.312 e. The maximum atomic E-state index is 12.7. The third-order valence-electron chi connectivity index (χ3n) is 1.54. The fraction of sp³-hybridized carbons (Fsp3) is 0.125. The molecule has 1 rings (SSSR count). The molecule has 0 aliphatic heterocycles. The standard InChI is InChI=1S/C8H2F5N/c1-14-2-3-4(9)6(11)8(13)7(12)5(3)10/h2H2. The second-order valence-electron chi connectivity index (χ2n) is 2.36. The quantitative estimate of drug-likeness (QED) is 0.288. The monoisotopic (exact) mass is 207 g/mol. The van der Waals surface area contributed by atoms with Crippen molar-refractivity contribution in [1.29, 1.82) is 0 Å². The van der Waals surface area contributed by atoms with Gasteiger partial charge in [0.1, 0.15) is 5.56 Å². The predicted octanol–water partition coefficient (Wildman–Crippen LogP) is 2.80. The van der Waals surface area contributed by atoms with Gasteiger partial charge in [0.15, 0.2) is 23.3 Å². The molecule has 0 aromatic heterocycles. The zero-order valence-electron chi connectivity index (χ0n) is 6.54. The fourth-order valence-corrected chi connectivity index (χ4v) is 0.868. The summed E-state index contributed by atoms with van der Waals surface area (Å²) in [4.78, 5) is 2.55. The van der Waals surface area contributed by atoms with E-state index in [0.717, 1.165) is 0 Å². The van der Waals surface area contributed by atoms with E-state index < -0.39 is 41.2 Å². The lowest BCUT2D eigenvalue weighted by atomic mass is 10.1. The minimum absolute atomic E-state index is 0.883. The number of rotatable bonds is 1. The van der Waals surface area contributed by atoms with E-state index >= 15 is 0 Å². The lowest BCUT2D eigenvalue weighted by Crippen LogP contribution is -2.05. The molecule has 0 aliphatic rings. The Bertz CT molecular complexity index is 392. The van der Waals surface area contributed by atoms with E-state index in [0.29, 0.717) is 0 Å². The van der Waals surface area contributed by atoms with Crippen molar-refractivity contribution in [3.05, 3.63) is 46.1 Å². The number of nitrogens with zero attached hydrogens (tertiary/aromatic N) is 1. The molecule has 1 aromatic carbocycles. The number of benzene rings is 1. The highest BCUT2D eigenvalue weighted by Gasteiger charge is 2.26. The van der Waals surface area contributed by atoms with Crippen LogP contribution in [0.4, 0.5) is 22.0 Å². The molecule has 0 atom stereocenters. The zero-order valence-corrected chi connectivity index (χ0v) is 6.54. The molecule has 0 bridgehead atoms. The molecule has 0 unspecified atom stereocenters. The van der Waals surface area contributed by atoms with Crippen molar-refractivity contribution >= 4 is 0 Å². The summed E-state index contributed by atoms with van der Waals surface area (Å²) in [6, 6.07) is 0. The van der Waals surface area contributed by atoms with Crippen molar-refractivity contribution in [2.45, 2.75) is 6.54 Å². The van der Waals surface area contributed by atoms with Crippen LogP contribution < -0.4 is 0 Å².